The van der Waals surface area contributed by atoms with E-state index in [9.17, 15) is 8.42 Å². The van der Waals surface area contributed by atoms with Gasteiger partial charge in [0.15, 0.2) is 9.84 Å². The molecule has 3 aromatic rings. The monoisotopic (exact) mass is 539 g/mol. The van der Waals surface area contributed by atoms with Gasteiger partial charge >= 0.3 is 0 Å². The Balaban J connectivity index is 1.48. The number of sulfone groups is 1. The third-order valence-corrected chi connectivity index (χ3v) is 9.07. The minimum Gasteiger partial charge on any atom is -0.494 e. The van der Waals surface area contributed by atoms with Crippen LogP contribution < -0.4 is 26.0 Å². The fraction of sp³-hybridized carbons (Fsp3) is 0.444. The van der Waals surface area contributed by atoms with Crippen molar-refractivity contribution in [2.45, 2.75) is 49.7 Å². The highest BCUT2D eigenvalue weighted by Crippen LogP contribution is 2.34. The Hall–Kier alpha value is -3.44. The highest BCUT2D eigenvalue weighted by atomic mass is 32.2. The number of ether oxygens (including phenoxy) is 1. The largest absolute Gasteiger partial charge is 0.494 e. The summed E-state index contributed by atoms with van der Waals surface area (Å²) in [5, 5.41) is 5.67. The van der Waals surface area contributed by atoms with Crippen LogP contribution in [0.4, 0.5) is 29.0 Å². The zero-order valence-corrected chi connectivity index (χ0v) is 23.0. The maximum Gasteiger partial charge on any atom is 0.232 e. The number of nitrogens with one attached hydrogen (secondary N) is 2. The van der Waals surface area contributed by atoms with Gasteiger partial charge in [-0.15, -0.1) is 0 Å². The number of hydrogen-bond acceptors (Lipinski definition) is 10. The molecule has 38 heavy (non-hydrogen) atoms. The van der Waals surface area contributed by atoms with Gasteiger partial charge in [0.1, 0.15) is 12.1 Å². The summed E-state index contributed by atoms with van der Waals surface area (Å²) in [5.74, 6) is 1.96. The van der Waals surface area contributed by atoms with Crippen LogP contribution in [-0.2, 0) is 9.84 Å². The summed E-state index contributed by atoms with van der Waals surface area (Å²) in [6.45, 7) is 6.10. The van der Waals surface area contributed by atoms with Gasteiger partial charge in [-0.3, -0.25) is 0 Å². The van der Waals surface area contributed by atoms with Crippen molar-refractivity contribution >= 4 is 38.8 Å². The summed E-state index contributed by atoms with van der Waals surface area (Å²) >= 11 is 0. The lowest BCUT2D eigenvalue weighted by molar-refractivity contribution is 0.374. The zero-order valence-electron chi connectivity index (χ0n) is 22.2. The van der Waals surface area contributed by atoms with Crippen LogP contribution in [0.5, 0.6) is 5.75 Å². The summed E-state index contributed by atoms with van der Waals surface area (Å²) in [6.07, 6.45) is 6.01. The first kappa shape index (κ1) is 27.6. The summed E-state index contributed by atoms with van der Waals surface area (Å²) < 4.78 is 31.3. The topological polar surface area (TPSA) is 135 Å². The minimum absolute atomic E-state index is 0.200. The molecule has 0 saturated carbocycles. The number of nitrogens with zero attached hydrogens (tertiary/aromatic N) is 4. The van der Waals surface area contributed by atoms with E-state index in [1.54, 1.807) is 45.2 Å². The number of hydrogen-bond donors (Lipinski definition) is 3. The molecule has 0 bridgehead atoms. The first-order valence-corrected chi connectivity index (χ1v) is 14.6. The van der Waals surface area contributed by atoms with Gasteiger partial charge in [-0.25, -0.2) is 18.4 Å². The first-order chi connectivity index (χ1) is 18.3. The standard InChI is InChI=1S/C27H37N7O3S/c1-19(2)38(35,36)25-9-5-4-8-23(25)32-27-30-18-29-26(33-27)31-22-11-10-21(17-24(22)37-3)34-15-12-20(13-16-34)7-6-14-28/h4-5,8-11,17-20H,6-7,12-16,28H2,1-3H3,(H2,29,30,31,32,33). The Labute approximate surface area is 225 Å². The SMILES string of the molecule is COc1cc(N2CCC(CCCN)CC2)ccc1Nc1ncnc(Nc2ccccc2S(=O)(=O)C(C)C)n1. The van der Waals surface area contributed by atoms with E-state index in [1.165, 1.54) is 25.6 Å². The van der Waals surface area contributed by atoms with E-state index in [0.29, 0.717) is 23.1 Å². The molecular weight excluding hydrogens is 502 g/mol. The van der Waals surface area contributed by atoms with Gasteiger partial charge in [-0.05, 0) is 76.3 Å². The average Bonchev–Trinajstić information content (AvgIpc) is 2.93. The molecule has 204 valence electrons. The van der Waals surface area contributed by atoms with Crippen LogP contribution in [0.15, 0.2) is 53.7 Å². The number of aromatic nitrogens is 3. The lowest BCUT2D eigenvalue weighted by atomic mass is 9.92. The lowest BCUT2D eigenvalue weighted by Crippen LogP contribution is -2.33. The van der Waals surface area contributed by atoms with E-state index in [-0.39, 0.29) is 10.8 Å². The molecule has 1 aliphatic rings. The van der Waals surface area contributed by atoms with E-state index in [1.807, 2.05) is 12.1 Å². The molecule has 1 aliphatic heterocycles. The third-order valence-electron chi connectivity index (χ3n) is 6.86. The quantitative estimate of drug-likeness (QED) is 0.319. The average molecular weight is 540 g/mol. The highest BCUT2D eigenvalue weighted by Gasteiger charge is 2.23. The molecule has 0 unspecified atom stereocenters. The fourth-order valence-electron chi connectivity index (χ4n) is 4.60. The van der Waals surface area contributed by atoms with Crippen LogP contribution in [0.3, 0.4) is 0 Å². The van der Waals surface area contributed by atoms with Gasteiger partial charge in [0.2, 0.25) is 11.9 Å². The van der Waals surface area contributed by atoms with E-state index >= 15 is 0 Å². The fourth-order valence-corrected chi connectivity index (χ4v) is 5.80. The first-order valence-electron chi connectivity index (χ1n) is 13.0. The number of anilines is 5. The molecule has 0 atom stereocenters. The molecule has 10 nitrogen and oxygen atoms in total. The normalized spacial score (nSPS) is 14.5. The molecule has 11 heteroatoms. The van der Waals surface area contributed by atoms with Crippen molar-refractivity contribution in [2.24, 2.45) is 11.7 Å². The van der Waals surface area contributed by atoms with Gasteiger partial charge in [-0.1, -0.05) is 12.1 Å². The second kappa shape index (κ2) is 12.4. The number of para-hydroxylation sites is 1. The van der Waals surface area contributed by atoms with Crippen LogP contribution in [-0.4, -0.2) is 55.4 Å². The smallest absolute Gasteiger partial charge is 0.232 e. The lowest BCUT2D eigenvalue weighted by Gasteiger charge is -2.34. The second-order valence-corrected chi connectivity index (χ2v) is 12.2. The van der Waals surface area contributed by atoms with E-state index < -0.39 is 15.1 Å². The van der Waals surface area contributed by atoms with E-state index in [0.717, 1.165) is 37.7 Å². The van der Waals surface area contributed by atoms with Crippen LogP contribution >= 0.6 is 0 Å². The number of rotatable bonds is 11. The van der Waals surface area contributed by atoms with Crippen LogP contribution in [0, 0.1) is 5.92 Å². The van der Waals surface area contributed by atoms with E-state index in [2.05, 4.69) is 36.6 Å². The van der Waals surface area contributed by atoms with Crippen LogP contribution in [0.1, 0.15) is 39.5 Å². The minimum atomic E-state index is -3.49. The molecule has 0 radical (unpaired) electrons. The summed E-state index contributed by atoms with van der Waals surface area (Å²) in [4.78, 5) is 15.4. The molecule has 1 saturated heterocycles. The van der Waals surface area contributed by atoms with Gasteiger partial charge in [0, 0.05) is 24.8 Å². The molecule has 2 heterocycles. The Bertz CT molecular complexity index is 1330. The Morgan fingerprint density at radius 3 is 2.39 bits per heavy atom. The Morgan fingerprint density at radius 2 is 1.74 bits per heavy atom. The molecule has 0 aliphatic carbocycles. The van der Waals surface area contributed by atoms with Crippen molar-refractivity contribution in [1.29, 1.82) is 0 Å². The number of piperidine rings is 1. The summed E-state index contributed by atoms with van der Waals surface area (Å²) in [5.41, 5.74) is 7.91. The maximum atomic E-state index is 12.8. The number of methoxy groups -OCH3 is 1. The Morgan fingerprint density at radius 1 is 1.05 bits per heavy atom. The Kier molecular flexibility index (Phi) is 9.01. The second-order valence-electron chi connectivity index (χ2n) is 9.72. The van der Waals surface area contributed by atoms with Gasteiger partial charge < -0.3 is 26.0 Å². The summed E-state index contributed by atoms with van der Waals surface area (Å²) in [7, 11) is -1.86. The van der Waals surface area contributed by atoms with Crippen molar-refractivity contribution in [3.8, 4) is 5.75 Å². The van der Waals surface area contributed by atoms with Gasteiger partial charge in [0.25, 0.3) is 0 Å². The molecule has 2 aromatic carbocycles. The third kappa shape index (κ3) is 6.51. The van der Waals surface area contributed by atoms with Gasteiger partial charge in [0.05, 0.1) is 28.6 Å². The van der Waals surface area contributed by atoms with Crippen molar-refractivity contribution in [3.63, 3.8) is 0 Å². The molecule has 4 N–H and O–H groups in total. The molecule has 1 aromatic heterocycles. The van der Waals surface area contributed by atoms with Crippen LogP contribution in [0.2, 0.25) is 0 Å². The van der Waals surface area contributed by atoms with Crippen molar-refractivity contribution in [1.82, 2.24) is 15.0 Å². The molecular formula is C27H37N7O3S. The summed E-state index contributed by atoms with van der Waals surface area (Å²) in [6, 6.07) is 12.8. The predicted octanol–water partition coefficient (Wildman–Crippen LogP) is 4.50. The molecule has 4 rings (SSSR count). The van der Waals surface area contributed by atoms with Crippen LogP contribution in [0.25, 0.3) is 0 Å². The van der Waals surface area contributed by atoms with Crippen molar-refractivity contribution in [3.05, 3.63) is 48.8 Å². The van der Waals surface area contributed by atoms with Crippen molar-refractivity contribution < 1.29 is 13.2 Å². The molecule has 0 amide bonds. The molecule has 0 spiro atoms. The predicted molar refractivity (Wildman–Crippen MR) is 151 cm³/mol. The highest BCUT2D eigenvalue weighted by molar-refractivity contribution is 7.92. The maximum absolute atomic E-state index is 12.8. The molecule has 1 fully saturated rings. The van der Waals surface area contributed by atoms with E-state index in [4.69, 9.17) is 10.5 Å². The van der Waals surface area contributed by atoms with Crippen molar-refractivity contribution in [2.75, 3.05) is 42.3 Å². The zero-order chi connectivity index (χ0) is 27.1. The van der Waals surface area contributed by atoms with Gasteiger partial charge in [-0.2, -0.15) is 4.98 Å². The number of benzene rings is 2. The number of nitrogens with two attached hydrogens (primary N) is 1.